The van der Waals surface area contributed by atoms with Crippen LogP contribution in [0, 0.1) is 36.5 Å². The van der Waals surface area contributed by atoms with E-state index in [4.69, 9.17) is 0 Å². The standard InChI is InChI=1S/C50H38N4/c1-37-3-23-45(24-4-37)53(49-31-19-43(35-51)20-32-49)47-27-15-41(16-28-47)13-11-39-7-9-40(10-8-39)12-14-42-17-29-48(30-18-42)54(46-25-5-38(2)6-26-46)50-33-21-44(36-52)22-34-50/h3-34H,1-2H3/b13-11+,14-12+. The van der Waals surface area contributed by atoms with Crippen LogP contribution in [0.1, 0.15) is 44.5 Å². The first kappa shape index (κ1) is 35.0. The normalized spacial score (nSPS) is 11.0. The van der Waals surface area contributed by atoms with Crippen molar-refractivity contribution in [1.82, 2.24) is 0 Å². The molecule has 0 aromatic heterocycles. The highest BCUT2D eigenvalue weighted by molar-refractivity contribution is 5.80. The van der Waals surface area contributed by atoms with Crippen LogP contribution in [0.3, 0.4) is 0 Å². The zero-order valence-electron chi connectivity index (χ0n) is 30.3. The summed E-state index contributed by atoms with van der Waals surface area (Å²) in [5.41, 5.74) is 14.3. The van der Waals surface area contributed by atoms with Gasteiger partial charge in [-0.15, -0.1) is 0 Å². The highest BCUT2D eigenvalue weighted by Crippen LogP contribution is 2.36. The van der Waals surface area contributed by atoms with E-state index in [0.29, 0.717) is 11.1 Å². The molecule has 258 valence electrons. The first-order valence-corrected chi connectivity index (χ1v) is 17.9. The molecule has 0 spiro atoms. The van der Waals surface area contributed by atoms with Crippen molar-refractivity contribution in [1.29, 1.82) is 10.5 Å². The van der Waals surface area contributed by atoms with Gasteiger partial charge in [-0.2, -0.15) is 10.5 Å². The van der Waals surface area contributed by atoms with Gasteiger partial charge in [0.2, 0.25) is 0 Å². The van der Waals surface area contributed by atoms with Crippen LogP contribution in [0.5, 0.6) is 0 Å². The van der Waals surface area contributed by atoms with E-state index in [1.54, 1.807) is 0 Å². The molecule has 0 fully saturated rings. The fraction of sp³-hybridized carbons (Fsp3) is 0.0400. The molecule has 4 heteroatoms. The van der Waals surface area contributed by atoms with Crippen LogP contribution in [0.2, 0.25) is 0 Å². The van der Waals surface area contributed by atoms with Gasteiger partial charge in [-0.3, -0.25) is 0 Å². The lowest BCUT2D eigenvalue weighted by Gasteiger charge is -2.25. The van der Waals surface area contributed by atoms with Gasteiger partial charge < -0.3 is 9.80 Å². The molecule has 0 atom stereocenters. The molecule has 0 saturated heterocycles. The number of nitrogens with zero attached hydrogens (tertiary/aromatic N) is 4. The zero-order valence-corrected chi connectivity index (χ0v) is 30.3. The number of anilines is 6. The second-order valence-corrected chi connectivity index (χ2v) is 13.2. The van der Waals surface area contributed by atoms with Crippen molar-refractivity contribution in [3.8, 4) is 12.1 Å². The maximum Gasteiger partial charge on any atom is 0.0991 e. The van der Waals surface area contributed by atoms with Crippen molar-refractivity contribution in [3.05, 3.63) is 214 Å². The van der Waals surface area contributed by atoms with Crippen LogP contribution in [-0.4, -0.2) is 0 Å². The van der Waals surface area contributed by atoms with Crippen molar-refractivity contribution in [2.24, 2.45) is 0 Å². The molecule has 0 unspecified atom stereocenters. The fourth-order valence-corrected chi connectivity index (χ4v) is 6.22. The Balaban J connectivity index is 1.02. The summed E-state index contributed by atoms with van der Waals surface area (Å²) in [5, 5.41) is 18.6. The molecule has 0 aliphatic carbocycles. The van der Waals surface area contributed by atoms with Crippen LogP contribution in [0.15, 0.2) is 170 Å². The van der Waals surface area contributed by atoms with Gasteiger partial charge in [-0.25, -0.2) is 0 Å². The third-order valence-electron chi connectivity index (χ3n) is 9.27. The highest BCUT2D eigenvalue weighted by Gasteiger charge is 2.14. The summed E-state index contributed by atoms with van der Waals surface area (Å²) < 4.78 is 0. The summed E-state index contributed by atoms with van der Waals surface area (Å²) >= 11 is 0. The minimum Gasteiger partial charge on any atom is -0.311 e. The van der Waals surface area contributed by atoms with Crippen LogP contribution in [0.25, 0.3) is 24.3 Å². The summed E-state index contributed by atoms with van der Waals surface area (Å²) in [6.45, 7) is 4.17. The molecule has 54 heavy (non-hydrogen) atoms. The molecule has 0 aliphatic heterocycles. The SMILES string of the molecule is Cc1ccc(N(c2ccc(C#N)cc2)c2ccc(/C=C/c3ccc(/C=C/c4ccc(N(c5ccc(C)cc5)c5ccc(C#N)cc5)cc4)cc3)cc2)cc1. The first-order valence-electron chi connectivity index (χ1n) is 17.9. The van der Waals surface area contributed by atoms with E-state index in [9.17, 15) is 10.5 Å². The molecule has 0 bridgehead atoms. The predicted octanol–water partition coefficient (Wildman–Crippen LogP) is 13.3. The van der Waals surface area contributed by atoms with Gasteiger partial charge >= 0.3 is 0 Å². The topological polar surface area (TPSA) is 54.1 Å². The minimum absolute atomic E-state index is 0.640. The lowest BCUT2D eigenvalue weighted by Crippen LogP contribution is -2.09. The van der Waals surface area contributed by atoms with Crippen molar-refractivity contribution >= 4 is 58.4 Å². The third-order valence-corrected chi connectivity index (χ3v) is 9.27. The number of hydrogen-bond donors (Lipinski definition) is 0. The summed E-state index contributed by atoms with van der Waals surface area (Å²) in [6, 6.07) is 62.3. The van der Waals surface area contributed by atoms with E-state index in [2.05, 4.69) is 181 Å². The van der Waals surface area contributed by atoms with Crippen LogP contribution in [0.4, 0.5) is 34.1 Å². The van der Waals surface area contributed by atoms with Crippen molar-refractivity contribution in [3.63, 3.8) is 0 Å². The zero-order chi connectivity index (χ0) is 37.3. The lowest BCUT2D eigenvalue weighted by atomic mass is 10.1. The van der Waals surface area contributed by atoms with Crippen LogP contribution < -0.4 is 9.80 Å². The average molecular weight is 695 g/mol. The highest BCUT2D eigenvalue weighted by atomic mass is 15.1. The van der Waals surface area contributed by atoms with E-state index in [1.807, 2.05) is 48.5 Å². The molecule has 0 radical (unpaired) electrons. The maximum atomic E-state index is 9.29. The number of aryl methyl sites for hydroxylation is 2. The molecular weight excluding hydrogens is 657 g/mol. The number of nitriles is 2. The second-order valence-electron chi connectivity index (χ2n) is 13.2. The van der Waals surface area contributed by atoms with Gasteiger partial charge in [-0.05, 0) is 133 Å². The Labute approximate surface area is 318 Å². The fourth-order valence-electron chi connectivity index (χ4n) is 6.22. The molecule has 4 nitrogen and oxygen atoms in total. The molecule has 0 saturated carbocycles. The summed E-state index contributed by atoms with van der Waals surface area (Å²) in [7, 11) is 0. The lowest BCUT2D eigenvalue weighted by molar-refractivity contribution is 1.27. The minimum atomic E-state index is 0.640. The molecule has 7 rings (SSSR count). The monoisotopic (exact) mass is 694 g/mol. The van der Waals surface area contributed by atoms with Gasteiger partial charge in [0.15, 0.2) is 0 Å². The Morgan fingerprint density at radius 2 is 0.519 bits per heavy atom. The third kappa shape index (κ3) is 8.38. The van der Waals surface area contributed by atoms with Gasteiger partial charge in [0.1, 0.15) is 0 Å². The Kier molecular flexibility index (Phi) is 10.6. The van der Waals surface area contributed by atoms with E-state index >= 15 is 0 Å². The largest absolute Gasteiger partial charge is 0.311 e. The van der Waals surface area contributed by atoms with Crippen LogP contribution in [-0.2, 0) is 0 Å². The Bertz CT molecular complexity index is 2280. The van der Waals surface area contributed by atoms with Crippen molar-refractivity contribution in [2.75, 3.05) is 9.80 Å². The van der Waals surface area contributed by atoms with E-state index in [-0.39, 0.29) is 0 Å². The second kappa shape index (κ2) is 16.3. The van der Waals surface area contributed by atoms with Crippen molar-refractivity contribution < 1.29 is 0 Å². The number of rotatable bonds is 10. The molecule has 7 aromatic rings. The van der Waals surface area contributed by atoms with E-state index < -0.39 is 0 Å². The van der Waals surface area contributed by atoms with E-state index in [1.165, 1.54) is 11.1 Å². The molecule has 7 aromatic carbocycles. The molecule has 0 amide bonds. The smallest absolute Gasteiger partial charge is 0.0991 e. The maximum absolute atomic E-state index is 9.29. The number of hydrogen-bond acceptors (Lipinski definition) is 4. The summed E-state index contributed by atoms with van der Waals surface area (Å²) in [5.74, 6) is 0. The van der Waals surface area contributed by atoms with E-state index in [0.717, 1.165) is 56.4 Å². The summed E-state index contributed by atoms with van der Waals surface area (Å²) in [6.07, 6.45) is 8.53. The quantitative estimate of drug-likeness (QED) is 0.134. The first-order chi connectivity index (χ1) is 26.4. The average Bonchev–Trinajstić information content (AvgIpc) is 3.23. The molecular formula is C50H38N4. The molecule has 0 aliphatic rings. The predicted molar refractivity (Wildman–Crippen MR) is 225 cm³/mol. The van der Waals surface area contributed by atoms with Gasteiger partial charge in [0.25, 0.3) is 0 Å². The van der Waals surface area contributed by atoms with Gasteiger partial charge in [0.05, 0.1) is 23.3 Å². The Hall–Kier alpha value is -7.40. The number of benzene rings is 7. The molecule has 0 N–H and O–H groups in total. The Morgan fingerprint density at radius 3 is 0.759 bits per heavy atom. The van der Waals surface area contributed by atoms with Crippen LogP contribution >= 0.6 is 0 Å². The molecule has 0 heterocycles. The van der Waals surface area contributed by atoms with Gasteiger partial charge in [-0.1, -0.05) is 108 Å². The Morgan fingerprint density at radius 1 is 0.315 bits per heavy atom. The van der Waals surface area contributed by atoms with Gasteiger partial charge in [0, 0.05) is 34.1 Å². The van der Waals surface area contributed by atoms with Crippen molar-refractivity contribution in [2.45, 2.75) is 13.8 Å². The summed E-state index contributed by atoms with van der Waals surface area (Å²) in [4.78, 5) is 4.40.